The smallest absolute Gasteiger partial charge is 0.336 e. The van der Waals surface area contributed by atoms with Crippen molar-refractivity contribution in [2.75, 3.05) is 5.32 Å². The summed E-state index contributed by atoms with van der Waals surface area (Å²) in [6.07, 6.45) is 0. The Bertz CT molecular complexity index is 731. The SMILES string of the molecule is Cc1c(Nc2cccc(F)c2)cc(C(=O)O)cc1[N+](=O)[O-]. The van der Waals surface area contributed by atoms with Crippen LogP contribution in [0.2, 0.25) is 0 Å². The van der Waals surface area contributed by atoms with Gasteiger partial charge in [-0.15, -0.1) is 0 Å². The molecule has 0 aliphatic rings. The molecule has 2 N–H and O–H groups in total. The molecule has 0 saturated heterocycles. The number of nitro benzene ring substituents is 1. The second kappa shape index (κ2) is 5.58. The van der Waals surface area contributed by atoms with Crippen LogP contribution in [0.4, 0.5) is 21.5 Å². The molecule has 2 rings (SSSR count). The molecule has 21 heavy (non-hydrogen) atoms. The molecule has 0 amide bonds. The number of carboxylic acid groups (broad SMARTS) is 1. The fraction of sp³-hybridized carbons (Fsp3) is 0.0714. The molecular weight excluding hydrogens is 279 g/mol. The molecule has 0 saturated carbocycles. The zero-order chi connectivity index (χ0) is 15.6. The van der Waals surface area contributed by atoms with Gasteiger partial charge in [0.1, 0.15) is 5.82 Å². The predicted molar refractivity (Wildman–Crippen MR) is 74.5 cm³/mol. The van der Waals surface area contributed by atoms with Crippen molar-refractivity contribution in [2.24, 2.45) is 0 Å². The first-order chi connectivity index (χ1) is 9.88. The van der Waals surface area contributed by atoms with Gasteiger partial charge < -0.3 is 10.4 Å². The third-order valence-corrected chi connectivity index (χ3v) is 2.93. The van der Waals surface area contributed by atoms with Gasteiger partial charge in [-0.1, -0.05) is 6.07 Å². The molecule has 0 atom stereocenters. The van der Waals surface area contributed by atoms with Gasteiger partial charge in [-0.2, -0.15) is 0 Å². The highest BCUT2D eigenvalue weighted by molar-refractivity contribution is 5.91. The minimum absolute atomic E-state index is 0.216. The second-order valence-corrected chi connectivity index (χ2v) is 4.37. The number of anilines is 2. The summed E-state index contributed by atoms with van der Waals surface area (Å²) in [6.45, 7) is 1.49. The van der Waals surface area contributed by atoms with E-state index in [0.29, 0.717) is 5.69 Å². The first kappa shape index (κ1) is 14.4. The number of halogens is 1. The van der Waals surface area contributed by atoms with E-state index in [9.17, 15) is 19.3 Å². The minimum Gasteiger partial charge on any atom is -0.478 e. The molecule has 0 aliphatic carbocycles. The maximum atomic E-state index is 13.1. The maximum absolute atomic E-state index is 13.1. The number of carboxylic acids is 1. The molecule has 0 aromatic heterocycles. The molecule has 2 aromatic carbocycles. The predicted octanol–water partition coefficient (Wildman–Crippen LogP) is 3.48. The van der Waals surface area contributed by atoms with Crippen LogP contribution < -0.4 is 5.32 Å². The van der Waals surface area contributed by atoms with E-state index in [1.807, 2.05) is 0 Å². The molecular formula is C14H11FN2O4. The Morgan fingerprint density at radius 3 is 2.62 bits per heavy atom. The topological polar surface area (TPSA) is 92.5 Å². The highest BCUT2D eigenvalue weighted by atomic mass is 19.1. The zero-order valence-corrected chi connectivity index (χ0v) is 11.0. The summed E-state index contributed by atoms with van der Waals surface area (Å²) in [5.41, 5.74) is 0.358. The van der Waals surface area contributed by atoms with Crippen molar-refractivity contribution in [2.45, 2.75) is 6.92 Å². The Labute approximate surface area is 119 Å². The molecule has 108 valence electrons. The lowest BCUT2D eigenvalue weighted by molar-refractivity contribution is -0.385. The van der Waals surface area contributed by atoms with Crippen molar-refractivity contribution in [3.8, 4) is 0 Å². The molecule has 0 fully saturated rings. The first-order valence-electron chi connectivity index (χ1n) is 5.93. The van der Waals surface area contributed by atoms with E-state index in [0.717, 1.165) is 6.07 Å². The molecule has 0 aliphatic heterocycles. The number of carbonyl (C=O) groups is 1. The highest BCUT2D eigenvalue weighted by Crippen LogP contribution is 2.30. The quantitative estimate of drug-likeness (QED) is 0.664. The Morgan fingerprint density at radius 2 is 2.05 bits per heavy atom. The van der Waals surface area contributed by atoms with Crippen molar-refractivity contribution in [1.82, 2.24) is 0 Å². The van der Waals surface area contributed by atoms with Crippen LogP contribution in [0.25, 0.3) is 0 Å². The summed E-state index contributed by atoms with van der Waals surface area (Å²) in [4.78, 5) is 21.4. The van der Waals surface area contributed by atoms with Crippen molar-refractivity contribution >= 4 is 23.0 Å². The fourth-order valence-electron chi connectivity index (χ4n) is 1.86. The summed E-state index contributed by atoms with van der Waals surface area (Å²) >= 11 is 0. The molecule has 2 aromatic rings. The van der Waals surface area contributed by atoms with Crippen LogP contribution in [-0.2, 0) is 0 Å². The van der Waals surface area contributed by atoms with E-state index < -0.39 is 16.7 Å². The van der Waals surface area contributed by atoms with Crippen LogP contribution >= 0.6 is 0 Å². The van der Waals surface area contributed by atoms with Gasteiger partial charge in [0.05, 0.1) is 16.1 Å². The van der Waals surface area contributed by atoms with Gasteiger partial charge in [0.2, 0.25) is 0 Å². The summed E-state index contributed by atoms with van der Waals surface area (Å²) in [5.74, 6) is -1.75. The Hall–Kier alpha value is -2.96. The van der Waals surface area contributed by atoms with Gasteiger partial charge in [0, 0.05) is 17.4 Å². The van der Waals surface area contributed by atoms with E-state index in [1.165, 1.54) is 31.2 Å². The molecule has 0 unspecified atom stereocenters. The average molecular weight is 290 g/mol. The summed E-state index contributed by atoms with van der Waals surface area (Å²) < 4.78 is 13.1. The molecule has 0 bridgehead atoms. The lowest BCUT2D eigenvalue weighted by Crippen LogP contribution is -2.04. The lowest BCUT2D eigenvalue weighted by atomic mass is 10.1. The average Bonchev–Trinajstić information content (AvgIpc) is 2.40. The highest BCUT2D eigenvalue weighted by Gasteiger charge is 2.19. The van der Waals surface area contributed by atoms with Crippen LogP contribution in [0.5, 0.6) is 0 Å². The van der Waals surface area contributed by atoms with E-state index in [1.54, 1.807) is 6.07 Å². The van der Waals surface area contributed by atoms with Crippen LogP contribution in [0.15, 0.2) is 36.4 Å². The molecule has 0 spiro atoms. The van der Waals surface area contributed by atoms with Crippen molar-refractivity contribution in [3.63, 3.8) is 0 Å². The number of benzene rings is 2. The van der Waals surface area contributed by atoms with Gasteiger partial charge in [0.25, 0.3) is 5.69 Å². The Balaban J connectivity index is 2.51. The number of hydrogen-bond acceptors (Lipinski definition) is 4. The number of hydrogen-bond donors (Lipinski definition) is 2. The van der Waals surface area contributed by atoms with Gasteiger partial charge >= 0.3 is 5.97 Å². The third-order valence-electron chi connectivity index (χ3n) is 2.93. The van der Waals surface area contributed by atoms with Crippen LogP contribution in [0.1, 0.15) is 15.9 Å². The molecule has 6 nitrogen and oxygen atoms in total. The Kier molecular flexibility index (Phi) is 3.84. The number of nitrogens with zero attached hydrogens (tertiary/aromatic N) is 1. The van der Waals surface area contributed by atoms with Crippen LogP contribution in [-0.4, -0.2) is 16.0 Å². The van der Waals surface area contributed by atoms with E-state index in [2.05, 4.69) is 5.32 Å². The molecule has 0 radical (unpaired) electrons. The van der Waals surface area contributed by atoms with E-state index in [4.69, 9.17) is 5.11 Å². The van der Waals surface area contributed by atoms with Gasteiger partial charge in [0.15, 0.2) is 0 Å². The third kappa shape index (κ3) is 3.14. The van der Waals surface area contributed by atoms with Gasteiger partial charge in [-0.3, -0.25) is 10.1 Å². The number of aromatic carboxylic acids is 1. The maximum Gasteiger partial charge on any atom is 0.336 e. The number of nitro groups is 1. The van der Waals surface area contributed by atoms with Crippen molar-refractivity contribution < 1.29 is 19.2 Å². The number of rotatable bonds is 4. The standard InChI is InChI=1S/C14H11FN2O4/c1-8-12(16-11-4-2-3-10(15)7-11)5-9(14(18)19)6-13(8)17(20)21/h2-7,16H,1H3,(H,18,19). The monoisotopic (exact) mass is 290 g/mol. The van der Waals surface area contributed by atoms with Gasteiger partial charge in [-0.25, -0.2) is 9.18 Å². The van der Waals surface area contributed by atoms with Crippen LogP contribution in [0.3, 0.4) is 0 Å². The molecule has 7 heteroatoms. The second-order valence-electron chi connectivity index (χ2n) is 4.37. The number of nitrogens with one attached hydrogen (secondary N) is 1. The van der Waals surface area contributed by atoms with Gasteiger partial charge in [-0.05, 0) is 31.2 Å². The zero-order valence-electron chi connectivity index (χ0n) is 11.0. The van der Waals surface area contributed by atoms with E-state index in [-0.39, 0.29) is 22.5 Å². The largest absolute Gasteiger partial charge is 0.478 e. The van der Waals surface area contributed by atoms with E-state index >= 15 is 0 Å². The summed E-state index contributed by atoms with van der Waals surface area (Å²) in [5, 5.41) is 22.8. The van der Waals surface area contributed by atoms with Crippen LogP contribution in [0, 0.1) is 22.9 Å². The molecule has 0 heterocycles. The minimum atomic E-state index is -1.28. The first-order valence-corrected chi connectivity index (χ1v) is 5.93. The normalized spacial score (nSPS) is 10.2. The summed E-state index contributed by atoms with van der Waals surface area (Å²) in [7, 11) is 0. The fourth-order valence-corrected chi connectivity index (χ4v) is 1.86. The van der Waals surface area contributed by atoms with Crippen molar-refractivity contribution in [3.05, 3.63) is 63.5 Å². The Morgan fingerprint density at radius 1 is 1.33 bits per heavy atom. The van der Waals surface area contributed by atoms with Crippen molar-refractivity contribution in [1.29, 1.82) is 0 Å². The lowest BCUT2D eigenvalue weighted by Gasteiger charge is -2.11. The summed E-state index contributed by atoms with van der Waals surface area (Å²) in [6, 6.07) is 7.78.